The summed E-state index contributed by atoms with van der Waals surface area (Å²) >= 11 is 0. The molecule has 3 rings (SSSR count). The quantitative estimate of drug-likeness (QED) is 0.634. The van der Waals surface area contributed by atoms with Crippen molar-refractivity contribution in [2.24, 2.45) is 0 Å². The summed E-state index contributed by atoms with van der Waals surface area (Å²) in [5.74, 6) is -0.854. The van der Waals surface area contributed by atoms with Crippen molar-refractivity contribution in [3.05, 3.63) is 46.7 Å². The summed E-state index contributed by atoms with van der Waals surface area (Å²) in [4.78, 5) is 13.2. The van der Waals surface area contributed by atoms with Gasteiger partial charge in [-0.2, -0.15) is 0 Å². The van der Waals surface area contributed by atoms with Crippen molar-refractivity contribution in [2.45, 2.75) is 77.7 Å². The Hall–Kier alpha value is -2.03. The zero-order valence-electron chi connectivity index (χ0n) is 20.9. The van der Waals surface area contributed by atoms with E-state index in [2.05, 4.69) is 63.7 Å². The van der Waals surface area contributed by atoms with Crippen LogP contribution in [0.3, 0.4) is 0 Å². The van der Waals surface area contributed by atoms with E-state index in [1.165, 1.54) is 23.4 Å². The third-order valence-corrected chi connectivity index (χ3v) is 6.25. The van der Waals surface area contributed by atoms with Gasteiger partial charge in [0.15, 0.2) is 0 Å². The van der Waals surface area contributed by atoms with Crippen LogP contribution < -0.4 is 5.32 Å². The molecule has 1 aromatic rings. The largest absolute Gasteiger partial charge is 0.483 e. The fourth-order valence-corrected chi connectivity index (χ4v) is 4.56. The van der Waals surface area contributed by atoms with E-state index in [9.17, 15) is 8.78 Å². The first-order valence-corrected chi connectivity index (χ1v) is 11.5. The monoisotopic (exact) mass is 467 g/mol. The second kappa shape index (κ2) is 11.4. The van der Waals surface area contributed by atoms with Crippen LogP contribution in [0.4, 0.5) is 8.78 Å². The van der Waals surface area contributed by atoms with E-state index in [0.717, 1.165) is 25.6 Å². The molecule has 1 fully saturated rings. The maximum absolute atomic E-state index is 14.5. The highest BCUT2D eigenvalue weighted by Gasteiger charge is 2.39. The van der Waals surface area contributed by atoms with Crippen molar-refractivity contribution in [1.82, 2.24) is 15.1 Å². The van der Waals surface area contributed by atoms with Crippen LogP contribution in [0, 0.1) is 11.6 Å². The van der Waals surface area contributed by atoms with Gasteiger partial charge in [0.25, 0.3) is 6.47 Å². The molecular weight excluding hydrogens is 428 g/mol. The van der Waals surface area contributed by atoms with E-state index < -0.39 is 17.7 Å². The van der Waals surface area contributed by atoms with Gasteiger partial charge in [-0.3, -0.25) is 9.69 Å². The molecule has 0 saturated carbocycles. The van der Waals surface area contributed by atoms with Gasteiger partial charge in [0.05, 0.1) is 6.61 Å². The first-order chi connectivity index (χ1) is 15.4. The van der Waals surface area contributed by atoms with Gasteiger partial charge in [0, 0.05) is 55.1 Å². The number of nitrogens with zero attached hydrogens (tertiary/aromatic N) is 2. The average Bonchev–Trinajstić information content (AvgIpc) is 3.10. The maximum atomic E-state index is 14.5. The number of likely N-dealkylation sites (N-methyl/N-ethyl adjacent to an activating group) is 1. The minimum Gasteiger partial charge on any atom is -0.483 e. The van der Waals surface area contributed by atoms with E-state index in [4.69, 9.17) is 14.6 Å². The molecule has 6 nitrogen and oxygen atoms in total. The number of ether oxygens (including phenoxy) is 1. The van der Waals surface area contributed by atoms with Crippen LogP contribution in [0.5, 0.6) is 0 Å². The fraction of sp³-hybridized carbons (Fsp3) is 0.640. The molecule has 0 radical (unpaired) electrons. The highest BCUT2D eigenvalue weighted by Crippen LogP contribution is 2.35. The summed E-state index contributed by atoms with van der Waals surface area (Å²) in [6.07, 6.45) is 0.315. The first-order valence-electron chi connectivity index (χ1n) is 11.5. The third-order valence-electron chi connectivity index (χ3n) is 6.25. The maximum Gasteiger partial charge on any atom is 0.290 e. The number of hydrogen-bond acceptors (Lipinski definition) is 5. The van der Waals surface area contributed by atoms with E-state index in [-0.39, 0.29) is 24.1 Å². The van der Waals surface area contributed by atoms with E-state index in [1.54, 1.807) is 0 Å². The van der Waals surface area contributed by atoms with Crippen LogP contribution in [0.25, 0.3) is 0 Å². The van der Waals surface area contributed by atoms with Crippen LogP contribution in [0.2, 0.25) is 0 Å². The van der Waals surface area contributed by atoms with Crippen molar-refractivity contribution in [2.75, 3.05) is 26.7 Å². The number of hydrogen-bond donors (Lipinski definition) is 2. The molecule has 186 valence electrons. The molecule has 3 atom stereocenters. The minimum atomic E-state index is -0.509. The predicted molar refractivity (Wildman–Crippen MR) is 126 cm³/mol. The summed E-state index contributed by atoms with van der Waals surface area (Å²) in [6, 6.07) is 4.19. The molecule has 0 amide bonds. The summed E-state index contributed by atoms with van der Waals surface area (Å²) in [5.41, 5.74) is 2.90. The number of carbonyl (C=O) groups is 1. The number of carboxylic acid groups (broad SMARTS) is 1. The van der Waals surface area contributed by atoms with Crippen LogP contribution in [0.15, 0.2) is 29.5 Å². The Balaban J connectivity index is 0.00000122. The summed E-state index contributed by atoms with van der Waals surface area (Å²) < 4.78 is 34.6. The van der Waals surface area contributed by atoms with Crippen molar-refractivity contribution >= 4 is 6.47 Å². The minimum absolute atomic E-state index is 0.104. The average molecular weight is 468 g/mol. The fourth-order valence-electron chi connectivity index (χ4n) is 4.56. The molecule has 0 bridgehead atoms. The smallest absolute Gasteiger partial charge is 0.290 e. The normalized spacial score (nSPS) is 24.0. The lowest BCUT2D eigenvalue weighted by atomic mass is 9.90. The Kier molecular flexibility index (Phi) is 9.40. The Morgan fingerprint density at radius 3 is 2.48 bits per heavy atom. The molecule has 2 N–H and O–H groups in total. The molecule has 8 heteroatoms. The topological polar surface area (TPSA) is 65.0 Å². The van der Waals surface area contributed by atoms with Crippen LogP contribution >= 0.6 is 0 Å². The second-order valence-corrected chi connectivity index (χ2v) is 10.3. The molecule has 1 aromatic carbocycles. The number of nitrogens with one attached hydrogen (secondary N) is 1. The van der Waals surface area contributed by atoms with Gasteiger partial charge in [-0.1, -0.05) is 0 Å². The van der Waals surface area contributed by atoms with Crippen molar-refractivity contribution in [1.29, 1.82) is 0 Å². The van der Waals surface area contributed by atoms with Crippen molar-refractivity contribution in [3.8, 4) is 0 Å². The van der Waals surface area contributed by atoms with Crippen LogP contribution in [-0.4, -0.2) is 71.8 Å². The van der Waals surface area contributed by atoms with Crippen LogP contribution in [-0.2, 0) is 9.53 Å². The third kappa shape index (κ3) is 7.22. The van der Waals surface area contributed by atoms with Gasteiger partial charge in [-0.15, -0.1) is 0 Å². The molecule has 0 spiro atoms. The summed E-state index contributed by atoms with van der Waals surface area (Å²) in [7, 11) is 2.15. The summed E-state index contributed by atoms with van der Waals surface area (Å²) in [6.45, 7) is 15.0. The molecule has 2 heterocycles. The Morgan fingerprint density at radius 2 is 1.91 bits per heavy atom. The highest BCUT2D eigenvalue weighted by molar-refractivity contribution is 5.32. The van der Waals surface area contributed by atoms with E-state index >= 15 is 0 Å². The highest BCUT2D eigenvalue weighted by atomic mass is 19.1. The Labute approximate surface area is 196 Å². The van der Waals surface area contributed by atoms with Gasteiger partial charge >= 0.3 is 0 Å². The zero-order valence-corrected chi connectivity index (χ0v) is 20.9. The Morgan fingerprint density at radius 1 is 1.27 bits per heavy atom. The van der Waals surface area contributed by atoms with Gasteiger partial charge in [0.1, 0.15) is 17.7 Å². The molecular formula is C25H39F2N3O3. The molecule has 2 aliphatic heterocycles. The standard InChI is InChI=1S/C24H37F2N3O.CH2O2/c1-15(2)28(7)22-13-29(12-16(22)3)18-11-21(27-24(4,5)6)23(30-14-18)19-10-17(25)8-9-20(19)26;2-1-3/h8-10,15,18,21,23,27H,11-14H2,1-7H3;1H,(H,2,3)/t18?,21?,23-;/m1./s1. The molecule has 2 unspecified atom stereocenters. The van der Waals surface area contributed by atoms with Gasteiger partial charge in [-0.05, 0) is 71.7 Å². The number of rotatable bonds is 5. The van der Waals surface area contributed by atoms with Gasteiger partial charge in [0.2, 0.25) is 0 Å². The second-order valence-electron chi connectivity index (χ2n) is 10.3. The first kappa shape index (κ1) is 27.2. The van der Waals surface area contributed by atoms with Crippen molar-refractivity contribution in [3.63, 3.8) is 0 Å². The lowest BCUT2D eigenvalue weighted by molar-refractivity contribution is -0.122. The lowest BCUT2D eigenvalue weighted by Crippen LogP contribution is -2.55. The molecule has 0 aromatic heterocycles. The molecule has 2 aliphatic rings. The van der Waals surface area contributed by atoms with Crippen molar-refractivity contribution < 1.29 is 23.4 Å². The van der Waals surface area contributed by atoms with Gasteiger partial charge < -0.3 is 20.1 Å². The molecule has 0 aliphatic carbocycles. The zero-order chi connectivity index (χ0) is 24.9. The molecule has 33 heavy (non-hydrogen) atoms. The van der Waals surface area contributed by atoms with Crippen LogP contribution in [0.1, 0.15) is 59.6 Å². The number of benzene rings is 1. The number of halogens is 2. The lowest BCUT2D eigenvalue weighted by Gasteiger charge is -2.43. The van der Waals surface area contributed by atoms with Gasteiger partial charge in [-0.25, -0.2) is 8.78 Å². The summed E-state index contributed by atoms with van der Waals surface area (Å²) in [5, 5.41) is 10.5. The molecule has 1 saturated heterocycles. The SMILES string of the molecule is CC1=C(N(C)C(C)C)CN(C2CO[C@H](c3cc(F)ccc3F)C(NC(C)(C)C)C2)C1.O=CO. The Bertz CT molecular complexity index is 839. The van der Waals surface area contributed by atoms with E-state index in [1.807, 2.05) is 0 Å². The van der Waals surface area contributed by atoms with E-state index in [0.29, 0.717) is 18.2 Å². The predicted octanol–water partition coefficient (Wildman–Crippen LogP) is 4.18.